The first-order chi connectivity index (χ1) is 9.16. The fourth-order valence-electron chi connectivity index (χ4n) is 2.33. The first-order valence-electron chi connectivity index (χ1n) is 6.14. The predicted molar refractivity (Wildman–Crippen MR) is 86.7 cm³/mol. The minimum atomic E-state index is -0.100. The van der Waals surface area contributed by atoms with Crippen LogP contribution in [0.3, 0.4) is 0 Å². The van der Waals surface area contributed by atoms with Crippen LogP contribution in [0.2, 0.25) is 0 Å². The van der Waals surface area contributed by atoms with E-state index in [2.05, 4.69) is 70.7 Å². The molecule has 3 rings (SSSR count). The van der Waals surface area contributed by atoms with E-state index < -0.39 is 0 Å². The molecule has 0 amide bonds. The molecule has 3 aromatic rings. The van der Waals surface area contributed by atoms with Gasteiger partial charge in [-0.05, 0) is 40.9 Å². The highest BCUT2D eigenvalue weighted by atomic mass is 79.9. The van der Waals surface area contributed by atoms with Gasteiger partial charge in [0.1, 0.15) is 0 Å². The maximum atomic E-state index is 6.49. The Balaban J connectivity index is 2.15. The maximum absolute atomic E-state index is 6.49. The van der Waals surface area contributed by atoms with Gasteiger partial charge in [-0.1, -0.05) is 51.8 Å². The number of aryl methyl sites for hydroxylation is 1. The lowest BCUT2D eigenvalue weighted by molar-refractivity contribution is 0.874. The quantitative estimate of drug-likeness (QED) is 0.700. The number of benzene rings is 2. The molecule has 1 nitrogen and oxygen atoms in total. The molecule has 0 saturated carbocycles. The lowest BCUT2D eigenvalue weighted by atomic mass is 9.97. The van der Waals surface area contributed by atoms with Gasteiger partial charge in [0.05, 0.1) is 6.04 Å². The molecule has 1 aromatic heterocycles. The standard InChI is InChI=1S/C16H14BrNS/c1-10-5-6-14(17)13(9-10)15(18)12-4-2-3-11-7-8-19-16(11)12/h2-9,15H,18H2,1H3. The molecule has 1 heterocycles. The second kappa shape index (κ2) is 5.08. The van der Waals surface area contributed by atoms with E-state index in [0.29, 0.717) is 0 Å². The summed E-state index contributed by atoms with van der Waals surface area (Å²) >= 11 is 5.36. The number of hydrogen-bond donors (Lipinski definition) is 1. The van der Waals surface area contributed by atoms with Gasteiger partial charge in [0, 0.05) is 9.17 Å². The van der Waals surface area contributed by atoms with Crippen molar-refractivity contribution in [3.8, 4) is 0 Å². The fraction of sp³-hybridized carbons (Fsp3) is 0.125. The van der Waals surface area contributed by atoms with Gasteiger partial charge in [0.15, 0.2) is 0 Å². The minimum Gasteiger partial charge on any atom is -0.320 e. The first kappa shape index (κ1) is 12.9. The van der Waals surface area contributed by atoms with E-state index in [1.807, 2.05) is 0 Å². The topological polar surface area (TPSA) is 26.0 Å². The molecule has 0 spiro atoms. The fourth-order valence-corrected chi connectivity index (χ4v) is 3.78. The van der Waals surface area contributed by atoms with E-state index in [9.17, 15) is 0 Å². The zero-order valence-electron chi connectivity index (χ0n) is 10.6. The normalized spacial score (nSPS) is 12.8. The van der Waals surface area contributed by atoms with Crippen LogP contribution >= 0.6 is 27.3 Å². The SMILES string of the molecule is Cc1ccc(Br)c(C(N)c2cccc3ccsc23)c1. The Morgan fingerprint density at radius 3 is 2.79 bits per heavy atom. The number of nitrogens with two attached hydrogens (primary N) is 1. The maximum Gasteiger partial charge on any atom is 0.0577 e. The molecular formula is C16H14BrNS. The molecule has 0 aliphatic rings. The summed E-state index contributed by atoms with van der Waals surface area (Å²) in [5, 5.41) is 3.38. The lowest BCUT2D eigenvalue weighted by Gasteiger charge is -2.16. The Morgan fingerprint density at radius 1 is 1.11 bits per heavy atom. The molecule has 0 saturated heterocycles. The summed E-state index contributed by atoms with van der Waals surface area (Å²) in [4.78, 5) is 0. The van der Waals surface area contributed by atoms with Crippen LogP contribution in [0.1, 0.15) is 22.7 Å². The van der Waals surface area contributed by atoms with Crippen LogP contribution in [0.5, 0.6) is 0 Å². The summed E-state index contributed by atoms with van der Waals surface area (Å²) in [7, 11) is 0. The third-order valence-electron chi connectivity index (χ3n) is 3.33. The zero-order valence-corrected chi connectivity index (χ0v) is 13.0. The van der Waals surface area contributed by atoms with E-state index in [-0.39, 0.29) is 6.04 Å². The van der Waals surface area contributed by atoms with Crippen LogP contribution in [0.4, 0.5) is 0 Å². The van der Waals surface area contributed by atoms with Crippen molar-refractivity contribution in [1.82, 2.24) is 0 Å². The zero-order chi connectivity index (χ0) is 13.4. The summed E-state index contributed by atoms with van der Waals surface area (Å²) < 4.78 is 2.35. The molecule has 3 heteroatoms. The Morgan fingerprint density at radius 2 is 1.95 bits per heavy atom. The van der Waals surface area contributed by atoms with Gasteiger partial charge in [-0.3, -0.25) is 0 Å². The Kier molecular flexibility index (Phi) is 3.44. The molecular weight excluding hydrogens is 318 g/mol. The number of halogens is 1. The highest BCUT2D eigenvalue weighted by Gasteiger charge is 2.15. The molecule has 0 bridgehead atoms. The van der Waals surface area contributed by atoms with E-state index in [4.69, 9.17) is 5.73 Å². The predicted octanol–water partition coefficient (Wildman–Crippen LogP) is 5.02. The van der Waals surface area contributed by atoms with Gasteiger partial charge in [-0.25, -0.2) is 0 Å². The Hall–Kier alpha value is -1.16. The summed E-state index contributed by atoms with van der Waals surface area (Å²) in [6.07, 6.45) is 0. The highest BCUT2D eigenvalue weighted by Crippen LogP contribution is 2.34. The van der Waals surface area contributed by atoms with Crippen molar-refractivity contribution in [3.05, 3.63) is 69.0 Å². The summed E-state index contributed by atoms with van der Waals surface area (Å²) in [6, 6.07) is 14.7. The van der Waals surface area contributed by atoms with Crippen LogP contribution < -0.4 is 5.73 Å². The molecule has 0 radical (unpaired) electrons. The van der Waals surface area contributed by atoms with Gasteiger partial charge < -0.3 is 5.73 Å². The highest BCUT2D eigenvalue weighted by molar-refractivity contribution is 9.10. The van der Waals surface area contributed by atoms with Crippen molar-refractivity contribution in [3.63, 3.8) is 0 Å². The third-order valence-corrected chi connectivity index (χ3v) is 5.03. The van der Waals surface area contributed by atoms with Crippen LogP contribution in [-0.4, -0.2) is 0 Å². The van der Waals surface area contributed by atoms with E-state index >= 15 is 0 Å². The van der Waals surface area contributed by atoms with Gasteiger partial charge in [0.25, 0.3) is 0 Å². The molecule has 19 heavy (non-hydrogen) atoms. The van der Waals surface area contributed by atoms with E-state index in [1.165, 1.54) is 21.2 Å². The van der Waals surface area contributed by atoms with Crippen molar-refractivity contribution >= 4 is 37.4 Å². The second-order valence-corrected chi connectivity index (χ2v) is 6.46. The van der Waals surface area contributed by atoms with Crippen molar-refractivity contribution < 1.29 is 0 Å². The second-order valence-electron chi connectivity index (χ2n) is 4.69. The molecule has 1 unspecified atom stereocenters. The average molecular weight is 332 g/mol. The molecule has 2 aromatic carbocycles. The number of hydrogen-bond acceptors (Lipinski definition) is 2. The minimum absolute atomic E-state index is 0.100. The van der Waals surface area contributed by atoms with Crippen molar-refractivity contribution in [2.45, 2.75) is 13.0 Å². The van der Waals surface area contributed by atoms with Gasteiger partial charge in [-0.2, -0.15) is 0 Å². The largest absolute Gasteiger partial charge is 0.320 e. The third kappa shape index (κ3) is 2.34. The summed E-state index contributed by atoms with van der Waals surface area (Å²) in [5.74, 6) is 0. The average Bonchev–Trinajstić information content (AvgIpc) is 2.89. The molecule has 2 N–H and O–H groups in total. The van der Waals surface area contributed by atoms with Crippen molar-refractivity contribution in [2.24, 2.45) is 5.73 Å². The van der Waals surface area contributed by atoms with Gasteiger partial charge >= 0.3 is 0 Å². The molecule has 0 fully saturated rings. The number of fused-ring (bicyclic) bond motifs is 1. The van der Waals surface area contributed by atoms with Gasteiger partial charge in [0.2, 0.25) is 0 Å². The van der Waals surface area contributed by atoms with Crippen LogP contribution in [0.15, 0.2) is 52.3 Å². The lowest BCUT2D eigenvalue weighted by Crippen LogP contribution is -2.12. The molecule has 0 aliphatic carbocycles. The Labute approximate surface area is 125 Å². The number of thiophene rings is 1. The monoisotopic (exact) mass is 331 g/mol. The van der Waals surface area contributed by atoms with Crippen molar-refractivity contribution in [1.29, 1.82) is 0 Å². The molecule has 1 atom stereocenters. The van der Waals surface area contributed by atoms with Crippen LogP contribution in [0.25, 0.3) is 10.1 Å². The molecule has 0 aliphatic heterocycles. The summed E-state index contributed by atoms with van der Waals surface area (Å²) in [6.45, 7) is 2.09. The summed E-state index contributed by atoms with van der Waals surface area (Å²) in [5.41, 5.74) is 10.0. The van der Waals surface area contributed by atoms with Crippen molar-refractivity contribution in [2.75, 3.05) is 0 Å². The first-order valence-corrected chi connectivity index (χ1v) is 7.82. The van der Waals surface area contributed by atoms with Crippen LogP contribution in [-0.2, 0) is 0 Å². The van der Waals surface area contributed by atoms with Crippen LogP contribution in [0, 0.1) is 6.92 Å². The smallest absolute Gasteiger partial charge is 0.0577 e. The van der Waals surface area contributed by atoms with E-state index in [1.54, 1.807) is 11.3 Å². The van der Waals surface area contributed by atoms with E-state index in [0.717, 1.165) is 10.0 Å². The number of rotatable bonds is 2. The molecule has 96 valence electrons. The van der Waals surface area contributed by atoms with Gasteiger partial charge in [-0.15, -0.1) is 11.3 Å². The Bertz CT molecular complexity index is 732.